The molecule has 0 amide bonds. The molecule has 0 aromatic rings. The quantitative estimate of drug-likeness (QED) is 0.633. The van der Waals surface area contributed by atoms with Crippen molar-refractivity contribution in [3.05, 3.63) is 0 Å². The molecule has 0 aromatic carbocycles. The number of hydrogen-bond acceptors (Lipinski definition) is 4. The molecule has 1 heterocycles. The Balaban J connectivity index is 1.63. The zero-order valence-electron chi connectivity index (χ0n) is 12.0. The zero-order valence-corrected chi connectivity index (χ0v) is 12.0. The van der Waals surface area contributed by atoms with Crippen molar-refractivity contribution in [3.63, 3.8) is 0 Å². The summed E-state index contributed by atoms with van der Waals surface area (Å²) >= 11 is 0. The molecule has 4 nitrogen and oxygen atoms in total. The van der Waals surface area contributed by atoms with Crippen molar-refractivity contribution in [1.29, 1.82) is 0 Å². The number of Topliss-reactive ketones (excluding diaryl/α,β-unsaturated/α-hetero) is 1. The number of unbranched alkanes of at least 4 members (excludes halogenated alkanes) is 1. The minimum Gasteiger partial charge on any atom is -0.371 e. The highest BCUT2D eigenvalue weighted by molar-refractivity contribution is 5.91. The Morgan fingerprint density at radius 3 is 3.00 bits per heavy atom. The highest BCUT2D eigenvalue weighted by Gasteiger charge is 2.35. The average molecular weight is 280 g/mol. The first-order valence-electron chi connectivity index (χ1n) is 7.70. The number of carbonyl (C=O) groups excluding carboxylic acids is 1. The van der Waals surface area contributed by atoms with E-state index in [0.717, 1.165) is 38.7 Å². The predicted molar refractivity (Wildman–Crippen MR) is 75.0 cm³/mol. The molecular formula is C16H24O4. The summed E-state index contributed by atoms with van der Waals surface area (Å²) in [6.07, 6.45) is 7.33. The van der Waals surface area contributed by atoms with Crippen LogP contribution >= 0.6 is 0 Å². The first kappa shape index (κ1) is 15.5. The van der Waals surface area contributed by atoms with Gasteiger partial charge in [-0.05, 0) is 44.9 Å². The molecule has 2 atom stereocenters. The number of carbonyl (C=O) groups is 1. The van der Waals surface area contributed by atoms with Gasteiger partial charge in [0.1, 0.15) is 0 Å². The Hall–Kier alpha value is -0.890. The van der Waals surface area contributed by atoms with Crippen molar-refractivity contribution in [3.8, 4) is 11.8 Å². The van der Waals surface area contributed by atoms with Crippen LogP contribution < -0.4 is 0 Å². The third kappa shape index (κ3) is 4.59. The number of aliphatic hydroxyl groups is 1. The molecule has 1 saturated carbocycles. The predicted octanol–water partition coefficient (Wildman–Crippen LogP) is 2.19. The van der Waals surface area contributed by atoms with Gasteiger partial charge in [-0.25, -0.2) is 0 Å². The Morgan fingerprint density at radius 2 is 2.25 bits per heavy atom. The van der Waals surface area contributed by atoms with Crippen LogP contribution in [0.25, 0.3) is 0 Å². The second kappa shape index (κ2) is 7.78. The van der Waals surface area contributed by atoms with Gasteiger partial charge in [0.05, 0.1) is 6.61 Å². The molecule has 1 saturated heterocycles. The molecular weight excluding hydrogens is 256 g/mol. The lowest BCUT2D eigenvalue weighted by Gasteiger charge is -2.24. The highest BCUT2D eigenvalue weighted by atomic mass is 16.7. The summed E-state index contributed by atoms with van der Waals surface area (Å²) in [7, 11) is 0. The minimum absolute atomic E-state index is 0.0548. The molecule has 0 bridgehead atoms. The molecule has 2 unspecified atom stereocenters. The summed E-state index contributed by atoms with van der Waals surface area (Å²) in [6.45, 7) is 1.41. The molecule has 0 spiro atoms. The van der Waals surface area contributed by atoms with E-state index >= 15 is 0 Å². The van der Waals surface area contributed by atoms with Crippen LogP contribution in [-0.2, 0) is 14.3 Å². The Bertz CT molecular complexity index is 376. The van der Waals surface area contributed by atoms with Gasteiger partial charge < -0.3 is 14.6 Å². The van der Waals surface area contributed by atoms with Crippen LogP contribution in [0.4, 0.5) is 0 Å². The van der Waals surface area contributed by atoms with E-state index in [9.17, 15) is 9.90 Å². The maximum absolute atomic E-state index is 11.6. The van der Waals surface area contributed by atoms with E-state index in [1.165, 1.54) is 6.42 Å². The maximum Gasteiger partial charge on any atom is 0.184 e. The normalized spacial score (nSPS) is 30.6. The van der Waals surface area contributed by atoms with E-state index < -0.39 is 5.60 Å². The summed E-state index contributed by atoms with van der Waals surface area (Å²) in [5, 5.41) is 10.1. The van der Waals surface area contributed by atoms with E-state index in [-0.39, 0.29) is 12.1 Å². The van der Waals surface area contributed by atoms with Crippen molar-refractivity contribution in [1.82, 2.24) is 0 Å². The minimum atomic E-state index is -1.38. The fourth-order valence-electron chi connectivity index (χ4n) is 2.57. The van der Waals surface area contributed by atoms with Crippen LogP contribution in [0.1, 0.15) is 57.8 Å². The molecule has 0 radical (unpaired) electrons. The average Bonchev–Trinajstić information content (AvgIpc) is 2.47. The lowest BCUT2D eigenvalue weighted by atomic mass is 9.84. The second-order valence-corrected chi connectivity index (χ2v) is 5.56. The fraction of sp³-hybridized carbons (Fsp3) is 0.812. The van der Waals surface area contributed by atoms with Crippen molar-refractivity contribution in [2.24, 2.45) is 0 Å². The third-order valence-corrected chi connectivity index (χ3v) is 3.84. The van der Waals surface area contributed by atoms with Gasteiger partial charge in [-0.1, -0.05) is 11.8 Å². The topological polar surface area (TPSA) is 55.8 Å². The smallest absolute Gasteiger partial charge is 0.184 e. The molecule has 4 heteroatoms. The van der Waals surface area contributed by atoms with Crippen LogP contribution in [0.15, 0.2) is 0 Å². The molecule has 2 aliphatic rings. The molecule has 2 fully saturated rings. The monoisotopic (exact) mass is 280 g/mol. The highest BCUT2D eigenvalue weighted by Crippen LogP contribution is 2.24. The largest absolute Gasteiger partial charge is 0.371 e. The number of ketones is 1. The standard InChI is InChI=1S/C16H24O4/c17-14-8-2-5-11-16(14,18)10-4-1-6-12-19-15-9-3-7-13-20-15/h15,18H,1-3,5-9,11-13H2. The Kier molecular flexibility index (Phi) is 6.03. The molecule has 1 aliphatic carbocycles. The van der Waals surface area contributed by atoms with E-state index in [1.54, 1.807) is 0 Å². The summed E-state index contributed by atoms with van der Waals surface area (Å²) in [6, 6.07) is 0. The van der Waals surface area contributed by atoms with Crippen molar-refractivity contribution in [2.75, 3.05) is 13.2 Å². The van der Waals surface area contributed by atoms with Gasteiger partial charge in [0.15, 0.2) is 17.7 Å². The zero-order chi connectivity index (χ0) is 14.3. The fourth-order valence-corrected chi connectivity index (χ4v) is 2.57. The molecule has 112 valence electrons. The number of ether oxygens (including phenoxy) is 2. The summed E-state index contributed by atoms with van der Waals surface area (Å²) < 4.78 is 11.1. The lowest BCUT2D eigenvalue weighted by Crippen LogP contribution is -2.39. The summed E-state index contributed by atoms with van der Waals surface area (Å²) in [5.74, 6) is 5.56. The first-order chi connectivity index (χ1) is 9.71. The van der Waals surface area contributed by atoms with Crippen molar-refractivity contribution in [2.45, 2.75) is 69.7 Å². The van der Waals surface area contributed by atoms with Crippen LogP contribution in [0, 0.1) is 11.8 Å². The summed E-state index contributed by atoms with van der Waals surface area (Å²) in [5.41, 5.74) is -1.38. The molecule has 1 aliphatic heterocycles. The van der Waals surface area contributed by atoms with Gasteiger partial charge in [0, 0.05) is 19.4 Å². The van der Waals surface area contributed by atoms with Crippen molar-refractivity contribution < 1.29 is 19.4 Å². The van der Waals surface area contributed by atoms with E-state index in [2.05, 4.69) is 11.8 Å². The molecule has 1 N–H and O–H groups in total. The first-order valence-corrected chi connectivity index (χ1v) is 7.70. The summed E-state index contributed by atoms with van der Waals surface area (Å²) in [4.78, 5) is 11.6. The van der Waals surface area contributed by atoms with Gasteiger partial charge in [-0.3, -0.25) is 4.79 Å². The second-order valence-electron chi connectivity index (χ2n) is 5.56. The SMILES string of the molecule is O=C1CCCCC1(O)C#CCCCOC1CCCCO1. The van der Waals surface area contributed by atoms with Crippen LogP contribution in [0.3, 0.4) is 0 Å². The number of rotatable bonds is 4. The van der Waals surface area contributed by atoms with Gasteiger partial charge in [-0.2, -0.15) is 0 Å². The van der Waals surface area contributed by atoms with Gasteiger partial charge >= 0.3 is 0 Å². The van der Waals surface area contributed by atoms with Crippen LogP contribution in [0.2, 0.25) is 0 Å². The van der Waals surface area contributed by atoms with Crippen molar-refractivity contribution >= 4 is 5.78 Å². The molecule has 0 aromatic heterocycles. The van der Waals surface area contributed by atoms with E-state index in [4.69, 9.17) is 9.47 Å². The van der Waals surface area contributed by atoms with Gasteiger partial charge in [-0.15, -0.1) is 0 Å². The molecule has 20 heavy (non-hydrogen) atoms. The van der Waals surface area contributed by atoms with Gasteiger partial charge in [0.2, 0.25) is 0 Å². The van der Waals surface area contributed by atoms with Crippen LogP contribution in [-0.4, -0.2) is 36.0 Å². The van der Waals surface area contributed by atoms with E-state index in [0.29, 0.717) is 25.9 Å². The van der Waals surface area contributed by atoms with E-state index in [1.807, 2.05) is 0 Å². The van der Waals surface area contributed by atoms with Crippen LogP contribution in [0.5, 0.6) is 0 Å². The Morgan fingerprint density at radius 1 is 1.35 bits per heavy atom. The lowest BCUT2D eigenvalue weighted by molar-refractivity contribution is -0.162. The molecule has 2 rings (SSSR count). The van der Waals surface area contributed by atoms with Gasteiger partial charge in [0.25, 0.3) is 0 Å². The number of hydrogen-bond donors (Lipinski definition) is 1. The Labute approximate surface area is 120 Å². The third-order valence-electron chi connectivity index (χ3n) is 3.84. The maximum atomic E-state index is 11.6.